The number of rotatable bonds is 5. The van der Waals surface area contributed by atoms with Crippen molar-refractivity contribution in [1.29, 1.82) is 0 Å². The van der Waals surface area contributed by atoms with Gasteiger partial charge in [0.1, 0.15) is 0 Å². The predicted molar refractivity (Wildman–Crippen MR) is 66.5 cm³/mol. The number of aryl methyl sites for hydroxylation is 1. The molecule has 0 aliphatic heterocycles. The van der Waals surface area contributed by atoms with E-state index in [-0.39, 0.29) is 5.75 Å². The van der Waals surface area contributed by atoms with Crippen molar-refractivity contribution in [2.24, 2.45) is 0 Å². The molecule has 3 nitrogen and oxygen atoms in total. The molecule has 0 heterocycles. The average molecular weight is 244 g/mol. The van der Waals surface area contributed by atoms with Crippen LogP contribution in [-0.4, -0.2) is 37.8 Å². The number of phenols is 1. The zero-order valence-corrected chi connectivity index (χ0v) is 10.7. The second-order valence-corrected chi connectivity index (χ2v) is 4.43. The van der Waals surface area contributed by atoms with Gasteiger partial charge in [-0.15, -0.1) is 0 Å². The Morgan fingerprint density at radius 2 is 2.06 bits per heavy atom. The molecular weight excluding hydrogens is 226 g/mol. The molecule has 0 saturated heterocycles. The largest absolute Gasteiger partial charge is 0.504 e. The molecule has 1 aromatic rings. The van der Waals surface area contributed by atoms with E-state index in [9.17, 15) is 5.11 Å². The summed E-state index contributed by atoms with van der Waals surface area (Å²) in [4.78, 5) is 2.13. The van der Waals surface area contributed by atoms with Crippen LogP contribution in [0.5, 0.6) is 11.5 Å². The smallest absolute Gasteiger partial charge is 0.160 e. The third kappa shape index (κ3) is 3.58. The third-order valence-corrected chi connectivity index (χ3v) is 2.75. The summed E-state index contributed by atoms with van der Waals surface area (Å²) in [5, 5.41) is 10.1. The van der Waals surface area contributed by atoms with E-state index in [2.05, 4.69) is 4.90 Å². The van der Waals surface area contributed by atoms with Crippen LogP contribution < -0.4 is 4.74 Å². The van der Waals surface area contributed by atoms with Crippen LogP contribution in [0.15, 0.2) is 12.1 Å². The van der Waals surface area contributed by atoms with Crippen LogP contribution in [0, 0.1) is 0 Å². The second kappa shape index (κ2) is 5.97. The van der Waals surface area contributed by atoms with E-state index in [4.69, 9.17) is 16.3 Å². The molecule has 0 radical (unpaired) electrons. The number of benzene rings is 1. The number of halogens is 1. The van der Waals surface area contributed by atoms with Crippen molar-refractivity contribution >= 4 is 11.6 Å². The molecule has 0 fully saturated rings. The van der Waals surface area contributed by atoms with Gasteiger partial charge >= 0.3 is 0 Å². The molecule has 0 unspecified atom stereocenters. The lowest BCUT2D eigenvalue weighted by atomic mass is 10.1. The highest BCUT2D eigenvalue weighted by molar-refractivity contribution is 6.31. The van der Waals surface area contributed by atoms with E-state index in [1.165, 1.54) is 13.2 Å². The van der Waals surface area contributed by atoms with Gasteiger partial charge < -0.3 is 14.7 Å². The minimum absolute atomic E-state index is 0.0869. The first-order chi connectivity index (χ1) is 7.54. The lowest BCUT2D eigenvalue weighted by Gasteiger charge is -2.11. The highest BCUT2D eigenvalue weighted by atomic mass is 35.5. The molecule has 90 valence electrons. The zero-order chi connectivity index (χ0) is 12.1. The van der Waals surface area contributed by atoms with Crippen molar-refractivity contribution in [1.82, 2.24) is 4.90 Å². The number of hydrogen-bond donors (Lipinski definition) is 1. The Kier molecular flexibility index (Phi) is 4.90. The minimum Gasteiger partial charge on any atom is -0.504 e. The van der Waals surface area contributed by atoms with E-state index in [1.54, 1.807) is 6.07 Å². The molecule has 1 N–H and O–H groups in total. The Bertz CT molecular complexity index is 353. The van der Waals surface area contributed by atoms with Crippen molar-refractivity contribution in [3.8, 4) is 11.5 Å². The molecule has 1 rings (SSSR count). The molecule has 0 spiro atoms. The van der Waals surface area contributed by atoms with Gasteiger partial charge in [0.05, 0.1) is 7.11 Å². The van der Waals surface area contributed by atoms with Crippen LogP contribution in [0.1, 0.15) is 12.0 Å². The van der Waals surface area contributed by atoms with Crippen molar-refractivity contribution in [3.05, 3.63) is 22.7 Å². The lowest BCUT2D eigenvalue weighted by molar-refractivity contribution is 0.372. The van der Waals surface area contributed by atoms with Crippen LogP contribution in [0.4, 0.5) is 0 Å². The highest BCUT2D eigenvalue weighted by Crippen LogP contribution is 2.32. The van der Waals surface area contributed by atoms with E-state index < -0.39 is 0 Å². The van der Waals surface area contributed by atoms with E-state index in [1.807, 2.05) is 14.1 Å². The van der Waals surface area contributed by atoms with Gasteiger partial charge in [-0.25, -0.2) is 0 Å². The maximum absolute atomic E-state index is 9.51. The first kappa shape index (κ1) is 13.1. The monoisotopic (exact) mass is 243 g/mol. The van der Waals surface area contributed by atoms with Crippen LogP contribution in [0.3, 0.4) is 0 Å². The molecule has 0 atom stereocenters. The Morgan fingerprint density at radius 3 is 2.62 bits per heavy atom. The number of nitrogens with zero attached hydrogens (tertiary/aromatic N) is 1. The molecule has 0 amide bonds. The van der Waals surface area contributed by atoms with Gasteiger partial charge in [-0.3, -0.25) is 0 Å². The van der Waals surface area contributed by atoms with Crippen LogP contribution in [-0.2, 0) is 6.42 Å². The topological polar surface area (TPSA) is 32.7 Å². The first-order valence-corrected chi connectivity index (χ1v) is 5.62. The molecule has 4 heteroatoms. The number of hydrogen-bond acceptors (Lipinski definition) is 3. The SMILES string of the molecule is COc1cc(CCCN(C)C)c(Cl)cc1O. The lowest BCUT2D eigenvalue weighted by Crippen LogP contribution is -2.13. The van der Waals surface area contributed by atoms with Crippen LogP contribution >= 0.6 is 11.6 Å². The number of phenolic OH excluding ortho intramolecular Hbond substituents is 1. The van der Waals surface area contributed by atoms with Crippen molar-refractivity contribution < 1.29 is 9.84 Å². The summed E-state index contributed by atoms with van der Waals surface area (Å²) in [5.41, 5.74) is 1.01. The van der Waals surface area contributed by atoms with Gasteiger partial charge in [-0.2, -0.15) is 0 Å². The molecule has 0 bridgehead atoms. The molecule has 0 aliphatic carbocycles. The molecule has 1 aromatic carbocycles. The minimum atomic E-state index is 0.0869. The van der Waals surface area contributed by atoms with Gasteiger partial charge in [0.15, 0.2) is 11.5 Å². The van der Waals surface area contributed by atoms with Crippen molar-refractivity contribution in [2.75, 3.05) is 27.7 Å². The molecule has 0 aliphatic rings. The van der Waals surface area contributed by atoms with Crippen molar-refractivity contribution in [3.63, 3.8) is 0 Å². The first-order valence-electron chi connectivity index (χ1n) is 5.24. The molecule has 0 aromatic heterocycles. The number of ether oxygens (including phenoxy) is 1. The van der Waals surface area contributed by atoms with Crippen molar-refractivity contribution in [2.45, 2.75) is 12.8 Å². The summed E-state index contributed by atoms with van der Waals surface area (Å²) >= 11 is 6.04. The Hall–Kier alpha value is -0.930. The summed E-state index contributed by atoms with van der Waals surface area (Å²) in [6, 6.07) is 3.33. The normalized spacial score (nSPS) is 10.8. The Balaban J connectivity index is 2.72. The Morgan fingerprint density at radius 1 is 1.38 bits per heavy atom. The molecule has 16 heavy (non-hydrogen) atoms. The standard InChI is InChI=1S/C12H18ClNO2/c1-14(2)6-4-5-9-7-12(16-3)11(15)8-10(9)13/h7-8,15H,4-6H2,1-3H3. The quantitative estimate of drug-likeness (QED) is 0.863. The number of aromatic hydroxyl groups is 1. The van der Waals surface area contributed by atoms with E-state index >= 15 is 0 Å². The average Bonchev–Trinajstić information content (AvgIpc) is 2.20. The van der Waals surface area contributed by atoms with Crippen LogP contribution in [0.25, 0.3) is 0 Å². The van der Waals surface area contributed by atoms with Gasteiger partial charge in [-0.1, -0.05) is 11.6 Å². The third-order valence-electron chi connectivity index (χ3n) is 2.40. The van der Waals surface area contributed by atoms with Gasteiger partial charge in [0.25, 0.3) is 0 Å². The van der Waals surface area contributed by atoms with E-state index in [0.717, 1.165) is 24.9 Å². The summed E-state index contributed by atoms with van der Waals surface area (Å²) in [7, 11) is 5.62. The summed E-state index contributed by atoms with van der Waals surface area (Å²) in [6.45, 7) is 1.01. The van der Waals surface area contributed by atoms with Gasteiger partial charge in [0, 0.05) is 11.1 Å². The Labute approximate surface area is 102 Å². The summed E-state index contributed by atoms with van der Waals surface area (Å²) in [5.74, 6) is 0.563. The molecular formula is C12H18ClNO2. The fourth-order valence-electron chi connectivity index (χ4n) is 1.53. The fourth-order valence-corrected chi connectivity index (χ4v) is 1.78. The van der Waals surface area contributed by atoms with Gasteiger partial charge in [0.2, 0.25) is 0 Å². The number of methoxy groups -OCH3 is 1. The predicted octanol–water partition coefficient (Wildman–Crippen LogP) is 2.55. The maximum Gasteiger partial charge on any atom is 0.160 e. The fraction of sp³-hybridized carbons (Fsp3) is 0.500. The highest BCUT2D eigenvalue weighted by Gasteiger charge is 2.08. The zero-order valence-electron chi connectivity index (χ0n) is 9.96. The van der Waals surface area contributed by atoms with E-state index in [0.29, 0.717) is 10.8 Å². The van der Waals surface area contributed by atoms with Gasteiger partial charge in [-0.05, 0) is 45.1 Å². The second-order valence-electron chi connectivity index (χ2n) is 4.02. The summed E-state index contributed by atoms with van der Waals surface area (Å²) in [6.07, 6.45) is 1.91. The maximum atomic E-state index is 9.51. The van der Waals surface area contributed by atoms with Crippen LogP contribution in [0.2, 0.25) is 5.02 Å². The summed E-state index contributed by atoms with van der Waals surface area (Å²) < 4.78 is 5.05. The molecule has 0 saturated carbocycles.